The number of nitrogens with one attached hydrogen (secondary N) is 1. The fraction of sp³-hybridized carbons (Fsp3) is 0.600. The van der Waals surface area contributed by atoms with E-state index in [9.17, 15) is 0 Å². The number of rotatable bonds is 5. The van der Waals surface area contributed by atoms with Gasteiger partial charge in [0.1, 0.15) is 5.76 Å². The van der Waals surface area contributed by atoms with Crippen molar-refractivity contribution in [1.82, 2.24) is 5.32 Å². The van der Waals surface area contributed by atoms with E-state index >= 15 is 0 Å². The molecule has 1 rings (SSSR count). The van der Waals surface area contributed by atoms with Crippen LogP contribution >= 0.6 is 0 Å². The van der Waals surface area contributed by atoms with E-state index in [0.29, 0.717) is 5.92 Å². The van der Waals surface area contributed by atoms with Gasteiger partial charge in [0.25, 0.3) is 0 Å². The Morgan fingerprint density at radius 1 is 1.62 bits per heavy atom. The third kappa shape index (κ3) is 2.57. The van der Waals surface area contributed by atoms with Crippen molar-refractivity contribution in [2.24, 2.45) is 5.92 Å². The summed E-state index contributed by atoms with van der Waals surface area (Å²) in [6.07, 6.45) is 2.46. The summed E-state index contributed by atoms with van der Waals surface area (Å²) in [5.41, 5.74) is 0. The van der Waals surface area contributed by atoms with Crippen molar-refractivity contribution >= 4 is 0 Å². The molecule has 0 aliphatic heterocycles. The highest BCUT2D eigenvalue weighted by Gasteiger charge is 2.18. The molecule has 0 amide bonds. The van der Waals surface area contributed by atoms with Gasteiger partial charge in [-0.25, -0.2) is 0 Å². The molecule has 1 aromatic rings. The van der Waals surface area contributed by atoms with Crippen LogP contribution in [0.15, 0.2) is 22.8 Å². The maximum atomic E-state index is 8.82. The first-order valence-electron chi connectivity index (χ1n) is 4.61. The Balaban J connectivity index is 2.62. The maximum Gasteiger partial charge on any atom is 0.120 e. The Morgan fingerprint density at radius 2 is 2.38 bits per heavy atom. The second kappa shape index (κ2) is 5.04. The van der Waals surface area contributed by atoms with Crippen LogP contribution in [0.1, 0.15) is 25.1 Å². The minimum absolute atomic E-state index is 0.196. The lowest BCUT2D eigenvalue weighted by Gasteiger charge is -2.20. The topological polar surface area (TPSA) is 45.4 Å². The summed E-state index contributed by atoms with van der Waals surface area (Å²) < 4.78 is 5.31. The molecule has 3 nitrogen and oxygen atoms in total. The fourth-order valence-electron chi connectivity index (χ4n) is 1.55. The van der Waals surface area contributed by atoms with Crippen LogP contribution in [0.2, 0.25) is 0 Å². The minimum Gasteiger partial charge on any atom is -0.468 e. The second-order valence-corrected chi connectivity index (χ2v) is 3.27. The van der Waals surface area contributed by atoms with Crippen LogP contribution in [-0.4, -0.2) is 18.8 Å². The molecule has 0 bridgehead atoms. The molecule has 0 aliphatic rings. The molecule has 2 unspecified atom stereocenters. The van der Waals surface area contributed by atoms with Gasteiger partial charge in [-0.1, -0.05) is 6.92 Å². The van der Waals surface area contributed by atoms with E-state index in [4.69, 9.17) is 9.52 Å². The average molecular weight is 183 g/mol. The lowest BCUT2D eigenvalue weighted by molar-refractivity contribution is 0.232. The van der Waals surface area contributed by atoms with E-state index < -0.39 is 0 Å². The molecule has 0 aliphatic carbocycles. The van der Waals surface area contributed by atoms with Gasteiger partial charge < -0.3 is 14.8 Å². The summed E-state index contributed by atoms with van der Waals surface area (Å²) in [5, 5.41) is 12.0. The summed E-state index contributed by atoms with van der Waals surface area (Å²) in [6, 6.07) is 4.03. The summed E-state index contributed by atoms with van der Waals surface area (Å²) >= 11 is 0. The van der Waals surface area contributed by atoms with Crippen molar-refractivity contribution in [2.75, 3.05) is 13.7 Å². The number of hydrogen-bond donors (Lipinski definition) is 2. The molecule has 2 atom stereocenters. The molecule has 0 saturated carbocycles. The first-order chi connectivity index (χ1) is 6.29. The molecule has 0 aromatic carbocycles. The first kappa shape index (κ1) is 10.3. The van der Waals surface area contributed by atoms with Crippen LogP contribution in [0.25, 0.3) is 0 Å². The van der Waals surface area contributed by atoms with Crippen LogP contribution in [0.5, 0.6) is 0 Å². The van der Waals surface area contributed by atoms with E-state index in [-0.39, 0.29) is 12.6 Å². The Morgan fingerprint density at radius 3 is 2.85 bits per heavy atom. The minimum atomic E-state index is 0.196. The molecule has 0 radical (unpaired) electrons. The summed E-state index contributed by atoms with van der Waals surface area (Å²) in [7, 11) is 1.90. The lowest BCUT2D eigenvalue weighted by Crippen LogP contribution is -2.23. The first-order valence-corrected chi connectivity index (χ1v) is 4.61. The summed E-state index contributed by atoms with van der Waals surface area (Å²) in [4.78, 5) is 0. The molecule has 0 fully saturated rings. The Labute approximate surface area is 78.8 Å². The predicted molar refractivity (Wildman–Crippen MR) is 51.4 cm³/mol. The average Bonchev–Trinajstić information content (AvgIpc) is 2.59. The van der Waals surface area contributed by atoms with Gasteiger partial charge in [0.15, 0.2) is 0 Å². The highest BCUT2D eigenvalue weighted by molar-refractivity contribution is 5.05. The molecular weight excluding hydrogens is 166 g/mol. The zero-order chi connectivity index (χ0) is 9.68. The molecule has 1 aromatic heterocycles. The number of aliphatic hydroxyl groups is 1. The molecule has 1 heterocycles. The lowest BCUT2D eigenvalue weighted by atomic mass is 9.97. The SMILES string of the molecule is CNC(c1ccco1)C(C)CCO. The van der Waals surface area contributed by atoms with Crippen molar-refractivity contribution in [1.29, 1.82) is 0 Å². The Hall–Kier alpha value is -0.800. The van der Waals surface area contributed by atoms with Crippen molar-refractivity contribution in [3.8, 4) is 0 Å². The molecule has 2 N–H and O–H groups in total. The van der Waals surface area contributed by atoms with Crippen molar-refractivity contribution in [2.45, 2.75) is 19.4 Å². The third-order valence-electron chi connectivity index (χ3n) is 2.31. The molecule has 0 spiro atoms. The highest BCUT2D eigenvalue weighted by Crippen LogP contribution is 2.23. The molecular formula is C10H17NO2. The molecule has 3 heteroatoms. The van der Waals surface area contributed by atoms with Crippen LogP contribution in [0.4, 0.5) is 0 Å². The van der Waals surface area contributed by atoms with Gasteiger partial charge >= 0.3 is 0 Å². The molecule has 74 valence electrons. The van der Waals surface area contributed by atoms with Crippen molar-refractivity contribution < 1.29 is 9.52 Å². The zero-order valence-electron chi connectivity index (χ0n) is 8.16. The summed E-state index contributed by atoms with van der Waals surface area (Å²) in [6.45, 7) is 2.32. The Kier molecular flexibility index (Phi) is 3.99. The standard InChI is InChI=1S/C10H17NO2/c1-8(5-6-12)10(11-2)9-4-3-7-13-9/h3-4,7-8,10-12H,5-6H2,1-2H3. The van der Waals surface area contributed by atoms with Gasteiger partial charge in [0.05, 0.1) is 12.3 Å². The highest BCUT2D eigenvalue weighted by atomic mass is 16.3. The van der Waals surface area contributed by atoms with Crippen LogP contribution in [0.3, 0.4) is 0 Å². The van der Waals surface area contributed by atoms with E-state index in [1.807, 2.05) is 19.2 Å². The largest absolute Gasteiger partial charge is 0.468 e. The number of hydrogen-bond acceptors (Lipinski definition) is 3. The van der Waals surface area contributed by atoms with Crippen molar-refractivity contribution in [3.05, 3.63) is 24.2 Å². The van der Waals surface area contributed by atoms with E-state index in [0.717, 1.165) is 12.2 Å². The van der Waals surface area contributed by atoms with E-state index in [2.05, 4.69) is 12.2 Å². The van der Waals surface area contributed by atoms with Gasteiger partial charge in [-0.05, 0) is 31.5 Å². The molecule has 13 heavy (non-hydrogen) atoms. The predicted octanol–water partition coefficient (Wildman–Crippen LogP) is 1.56. The smallest absolute Gasteiger partial charge is 0.120 e. The third-order valence-corrected chi connectivity index (χ3v) is 2.31. The van der Waals surface area contributed by atoms with E-state index in [1.54, 1.807) is 6.26 Å². The number of aliphatic hydroxyl groups excluding tert-OH is 1. The van der Waals surface area contributed by atoms with E-state index in [1.165, 1.54) is 0 Å². The van der Waals surface area contributed by atoms with Gasteiger partial charge in [-0.2, -0.15) is 0 Å². The zero-order valence-corrected chi connectivity index (χ0v) is 8.16. The maximum absolute atomic E-state index is 8.82. The fourth-order valence-corrected chi connectivity index (χ4v) is 1.55. The quantitative estimate of drug-likeness (QED) is 0.728. The monoisotopic (exact) mass is 183 g/mol. The van der Waals surface area contributed by atoms with Crippen LogP contribution in [-0.2, 0) is 0 Å². The van der Waals surface area contributed by atoms with Gasteiger partial charge in [0, 0.05) is 6.61 Å². The molecule has 0 saturated heterocycles. The van der Waals surface area contributed by atoms with Gasteiger partial charge in [-0.15, -0.1) is 0 Å². The van der Waals surface area contributed by atoms with Gasteiger partial charge in [-0.3, -0.25) is 0 Å². The van der Waals surface area contributed by atoms with Crippen molar-refractivity contribution in [3.63, 3.8) is 0 Å². The van der Waals surface area contributed by atoms with Crippen LogP contribution in [0, 0.1) is 5.92 Å². The Bertz CT molecular complexity index is 221. The second-order valence-electron chi connectivity index (χ2n) is 3.27. The van der Waals surface area contributed by atoms with Crippen LogP contribution < -0.4 is 5.32 Å². The number of furan rings is 1. The summed E-state index contributed by atoms with van der Waals surface area (Å²) in [5.74, 6) is 1.31. The van der Waals surface area contributed by atoms with Gasteiger partial charge in [0.2, 0.25) is 0 Å². The normalized spacial score (nSPS) is 15.6.